The Morgan fingerprint density at radius 2 is 1.77 bits per heavy atom. The van der Waals surface area contributed by atoms with Crippen molar-refractivity contribution in [1.82, 2.24) is 15.0 Å². The van der Waals surface area contributed by atoms with Gasteiger partial charge in [-0.15, -0.1) is 0 Å². The summed E-state index contributed by atoms with van der Waals surface area (Å²) in [5.74, 6) is -2.08. The third-order valence-electron chi connectivity index (χ3n) is 5.76. The van der Waals surface area contributed by atoms with Gasteiger partial charge >= 0.3 is 5.97 Å². The molecule has 0 radical (unpaired) electrons. The van der Waals surface area contributed by atoms with Crippen molar-refractivity contribution in [3.05, 3.63) is 40.5 Å². The average molecular weight is 503 g/mol. The number of esters is 1. The first-order chi connectivity index (χ1) is 16.1. The van der Waals surface area contributed by atoms with E-state index in [-0.39, 0.29) is 17.9 Å². The number of rotatable bonds is 4. The fraction of sp³-hybridized carbons (Fsp3) is 0.500. The molecule has 1 saturated heterocycles. The fourth-order valence-electron chi connectivity index (χ4n) is 4.24. The van der Waals surface area contributed by atoms with Crippen molar-refractivity contribution in [3.63, 3.8) is 0 Å². The highest BCUT2D eigenvalue weighted by atomic mass is 35.5. The lowest BCUT2D eigenvalue weighted by molar-refractivity contribution is -0.154. The summed E-state index contributed by atoms with van der Waals surface area (Å²) in [5.41, 5.74) is -2.38. The number of carbonyl (C=O) groups is 4. The van der Waals surface area contributed by atoms with Crippen LogP contribution in [-0.2, 0) is 41.3 Å². The second-order valence-corrected chi connectivity index (χ2v) is 11.2. The zero-order chi connectivity index (χ0) is 25.9. The number of aromatic nitrogens is 2. The maximum atomic E-state index is 13.7. The molecule has 1 aromatic heterocycles. The van der Waals surface area contributed by atoms with Crippen LogP contribution in [0, 0.1) is 0 Å². The van der Waals surface area contributed by atoms with E-state index in [1.807, 2.05) is 20.8 Å². The van der Waals surface area contributed by atoms with Crippen molar-refractivity contribution in [2.45, 2.75) is 70.9 Å². The van der Waals surface area contributed by atoms with Crippen LogP contribution in [0.25, 0.3) is 0 Å². The van der Waals surface area contributed by atoms with Gasteiger partial charge in [0.05, 0.1) is 13.0 Å². The Bertz CT molecular complexity index is 1240. The monoisotopic (exact) mass is 502 g/mol. The number of hydrogen-bond acceptors (Lipinski definition) is 8. The molecule has 1 spiro atoms. The quantitative estimate of drug-likeness (QED) is 0.355. The lowest BCUT2D eigenvalue weighted by Gasteiger charge is -2.24. The summed E-state index contributed by atoms with van der Waals surface area (Å²) in [7, 11) is 0. The number of imide groups is 1. The Morgan fingerprint density at radius 3 is 2.37 bits per heavy atom. The van der Waals surface area contributed by atoms with Gasteiger partial charge < -0.3 is 9.26 Å². The molecule has 186 valence electrons. The number of halogens is 1. The minimum absolute atomic E-state index is 0.149. The summed E-state index contributed by atoms with van der Waals surface area (Å²) < 4.78 is 10.6. The number of anilines is 1. The topological polar surface area (TPSA) is 123 Å². The van der Waals surface area contributed by atoms with Gasteiger partial charge in [0, 0.05) is 21.7 Å². The van der Waals surface area contributed by atoms with E-state index in [1.54, 1.807) is 32.9 Å². The van der Waals surface area contributed by atoms with Crippen LogP contribution in [0.4, 0.5) is 5.69 Å². The molecule has 1 unspecified atom stereocenters. The van der Waals surface area contributed by atoms with Gasteiger partial charge in [0.25, 0.3) is 0 Å². The predicted molar refractivity (Wildman–Crippen MR) is 125 cm³/mol. The van der Waals surface area contributed by atoms with Gasteiger partial charge in [0.1, 0.15) is 12.1 Å². The summed E-state index contributed by atoms with van der Waals surface area (Å²) in [6, 6.07) is 4.61. The van der Waals surface area contributed by atoms with Crippen molar-refractivity contribution in [3.8, 4) is 0 Å². The summed E-state index contributed by atoms with van der Waals surface area (Å²) in [6.07, 6.45) is -0.396. The van der Waals surface area contributed by atoms with E-state index in [0.717, 1.165) is 4.90 Å². The predicted octanol–water partition coefficient (Wildman–Crippen LogP) is 2.91. The van der Waals surface area contributed by atoms with Gasteiger partial charge in [-0.2, -0.15) is 4.98 Å². The van der Waals surface area contributed by atoms with Gasteiger partial charge in [-0.25, -0.2) is 0 Å². The molecule has 3 amide bonds. The number of carbonyl (C=O) groups excluding carboxylic acids is 4. The Morgan fingerprint density at radius 1 is 1.11 bits per heavy atom. The molecular formula is C24H27ClN4O6. The molecule has 2 aliphatic heterocycles. The third-order valence-corrected chi connectivity index (χ3v) is 6.00. The molecule has 3 heterocycles. The highest BCUT2D eigenvalue weighted by molar-refractivity contribution is 6.32. The molecule has 0 bridgehead atoms. The Kier molecular flexibility index (Phi) is 5.78. The van der Waals surface area contributed by atoms with E-state index in [4.69, 9.17) is 20.9 Å². The van der Waals surface area contributed by atoms with E-state index in [0.29, 0.717) is 16.6 Å². The molecule has 1 fully saturated rings. The molecular weight excluding hydrogens is 476 g/mol. The average Bonchev–Trinajstić information content (AvgIpc) is 3.35. The number of likely N-dealkylation sites (tertiary alicyclic amines) is 1. The van der Waals surface area contributed by atoms with Crippen LogP contribution >= 0.6 is 11.6 Å². The van der Waals surface area contributed by atoms with E-state index in [1.165, 1.54) is 11.0 Å². The zero-order valence-corrected chi connectivity index (χ0v) is 21.2. The molecule has 35 heavy (non-hydrogen) atoms. The van der Waals surface area contributed by atoms with E-state index >= 15 is 0 Å². The molecule has 11 heteroatoms. The first-order valence-corrected chi connectivity index (χ1v) is 11.5. The molecule has 1 atom stereocenters. The normalized spacial score (nSPS) is 20.3. The molecule has 10 nitrogen and oxygen atoms in total. The summed E-state index contributed by atoms with van der Waals surface area (Å²) in [6.45, 7) is 10.2. The third kappa shape index (κ3) is 4.31. The zero-order valence-electron chi connectivity index (χ0n) is 20.5. The molecule has 4 rings (SSSR count). The highest BCUT2D eigenvalue weighted by Gasteiger charge is 2.64. The Hall–Kier alpha value is -3.27. The highest BCUT2D eigenvalue weighted by Crippen LogP contribution is 2.49. The number of benzene rings is 1. The first kappa shape index (κ1) is 24.8. The second-order valence-electron chi connectivity index (χ2n) is 10.8. The number of fused-ring (bicyclic) bond motifs is 2. The number of nitrogens with zero attached hydrogens (tertiary/aromatic N) is 4. The smallest absolute Gasteiger partial charge is 0.326 e. The number of hydrogen-bond donors (Lipinski definition) is 0. The van der Waals surface area contributed by atoms with Gasteiger partial charge in [0.2, 0.25) is 23.6 Å². The lowest BCUT2D eigenvalue weighted by Crippen LogP contribution is -2.48. The maximum Gasteiger partial charge on any atom is 0.326 e. The van der Waals surface area contributed by atoms with Crippen LogP contribution in [0.15, 0.2) is 22.7 Å². The van der Waals surface area contributed by atoms with Gasteiger partial charge in [0.15, 0.2) is 11.2 Å². The van der Waals surface area contributed by atoms with Crippen molar-refractivity contribution >= 4 is 41.0 Å². The molecule has 0 saturated carbocycles. The summed E-state index contributed by atoms with van der Waals surface area (Å²) in [4.78, 5) is 59.4. The second kappa shape index (κ2) is 8.15. The van der Waals surface area contributed by atoms with Gasteiger partial charge in [-0.05, 0) is 39.0 Å². The largest absolute Gasteiger partial charge is 0.459 e. The molecule has 0 N–H and O–H groups in total. The van der Waals surface area contributed by atoms with Crippen molar-refractivity contribution < 1.29 is 28.4 Å². The van der Waals surface area contributed by atoms with Crippen molar-refractivity contribution in [2.24, 2.45) is 0 Å². The first-order valence-electron chi connectivity index (χ1n) is 11.2. The lowest BCUT2D eigenvalue weighted by atomic mass is 9.80. The molecule has 2 aromatic rings. The Balaban J connectivity index is 1.68. The SMILES string of the molecule is CC(C)(C)OC(=O)CN1C(=O)C2(CC(=O)N(Cc3noc(C(C)(C)C)n3)C2=O)c2cc(Cl)ccc21. The number of amides is 3. The van der Waals surface area contributed by atoms with Crippen LogP contribution in [0.5, 0.6) is 0 Å². The fourth-order valence-corrected chi connectivity index (χ4v) is 4.42. The summed E-state index contributed by atoms with van der Waals surface area (Å²) >= 11 is 6.21. The minimum atomic E-state index is -1.82. The molecule has 2 aliphatic rings. The maximum absolute atomic E-state index is 13.7. The van der Waals surface area contributed by atoms with Crippen LogP contribution < -0.4 is 4.90 Å². The molecule has 0 aliphatic carbocycles. The van der Waals surface area contributed by atoms with E-state index in [9.17, 15) is 19.2 Å². The standard InChI is InChI=1S/C24H27ClN4O6/c1-22(2,3)19-26-16(27-35-19)11-29-17(30)10-24(21(29)33)14-9-13(25)7-8-15(14)28(20(24)32)12-18(31)34-23(4,5)6/h7-9H,10-12H2,1-6H3. The minimum Gasteiger partial charge on any atom is -0.459 e. The van der Waals surface area contributed by atoms with E-state index in [2.05, 4.69) is 10.1 Å². The van der Waals surface area contributed by atoms with Crippen LogP contribution in [0.2, 0.25) is 5.02 Å². The van der Waals surface area contributed by atoms with Crippen LogP contribution in [-0.4, -0.2) is 50.9 Å². The number of ether oxygens (including phenoxy) is 1. The molecule has 1 aromatic carbocycles. The van der Waals surface area contributed by atoms with Crippen molar-refractivity contribution in [2.75, 3.05) is 11.4 Å². The van der Waals surface area contributed by atoms with Gasteiger partial charge in [-0.1, -0.05) is 37.5 Å². The van der Waals surface area contributed by atoms with Gasteiger partial charge in [-0.3, -0.25) is 29.0 Å². The van der Waals surface area contributed by atoms with Crippen LogP contribution in [0.3, 0.4) is 0 Å². The Labute approximate surface area is 207 Å². The summed E-state index contributed by atoms with van der Waals surface area (Å²) in [5, 5.41) is 4.18. The van der Waals surface area contributed by atoms with Crippen molar-refractivity contribution in [1.29, 1.82) is 0 Å². The van der Waals surface area contributed by atoms with E-state index < -0.39 is 53.1 Å². The van der Waals surface area contributed by atoms with Crippen LogP contribution in [0.1, 0.15) is 65.2 Å².